The van der Waals surface area contributed by atoms with E-state index < -0.39 is 0 Å². The summed E-state index contributed by atoms with van der Waals surface area (Å²) in [6.07, 6.45) is 5.92. The van der Waals surface area contributed by atoms with Gasteiger partial charge in [-0.1, -0.05) is 18.2 Å². The van der Waals surface area contributed by atoms with Gasteiger partial charge in [0.05, 0.1) is 11.3 Å². The number of pyridine rings is 1. The lowest BCUT2D eigenvalue weighted by Crippen LogP contribution is -2.34. The number of nitrogens with one attached hydrogen (secondary N) is 2. The normalized spacial score (nSPS) is 13.7. The first-order chi connectivity index (χ1) is 18.4. The number of hydrogen-bond donors (Lipinski definition) is 2. The van der Waals surface area contributed by atoms with Crippen LogP contribution in [0.15, 0.2) is 47.5 Å². The minimum atomic E-state index is -0.297. The largest absolute Gasteiger partial charge is 0.412 e. The average molecular weight is 516 g/mol. The molecule has 10 nitrogen and oxygen atoms in total. The zero-order valence-corrected chi connectivity index (χ0v) is 22.2. The summed E-state index contributed by atoms with van der Waals surface area (Å²) in [5.74, 6) is 0.153. The van der Waals surface area contributed by atoms with Crippen molar-refractivity contribution in [3.05, 3.63) is 69.9 Å². The zero-order chi connectivity index (χ0) is 26.8. The Bertz CT molecular complexity index is 1530. The third-order valence-electron chi connectivity index (χ3n) is 7.04. The second-order valence-electron chi connectivity index (χ2n) is 9.73. The average Bonchev–Trinajstić information content (AvgIpc) is 3.54. The minimum Gasteiger partial charge on any atom is -0.412 e. The molecule has 0 radical (unpaired) electrons. The van der Waals surface area contributed by atoms with Crippen molar-refractivity contribution in [3.63, 3.8) is 0 Å². The molecule has 0 spiro atoms. The molecule has 198 valence electrons. The van der Waals surface area contributed by atoms with Crippen molar-refractivity contribution in [1.29, 1.82) is 0 Å². The molecular formula is C28H33N7O3. The van der Waals surface area contributed by atoms with Crippen molar-refractivity contribution in [2.75, 3.05) is 38.6 Å². The lowest BCUT2D eigenvalue weighted by atomic mass is 9.96. The van der Waals surface area contributed by atoms with Crippen LogP contribution in [0.1, 0.15) is 34.5 Å². The second-order valence-corrected chi connectivity index (χ2v) is 9.73. The van der Waals surface area contributed by atoms with Crippen LogP contribution < -0.4 is 21.0 Å². The van der Waals surface area contributed by atoms with Gasteiger partial charge < -0.3 is 24.9 Å². The Morgan fingerprint density at radius 2 is 1.87 bits per heavy atom. The van der Waals surface area contributed by atoms with Crippen molar-refractivity contribution >= 4 is 28.6 Å². The van der Waals surface area contributed by atoms with E-state index in [1.807, 2.05) is 39.1 Å². The predicted molar refractivity (Wildman–Crippen MR) is 148 cm³/mol. The highest BCUT2D eigenvalue weighted by atomic mass is 16.6. The van der Waals surface area contributed by atoms with Gasteiger partial charge in [0.25, 0.3) is 11.5 Å². The first-order valence-electron chi connectivity index (χ1n) is 12.8. The van der Waals surface area contributed by atoms with Crippen LogP contribution >= 0.6 is 0 Å². The van der Waals surface area contributed by atoms with Crippen LogP contribution in [0.5, 0.6) is 0 Å². The van der Waals surface area contributed by atoms with E-state index in [9.17, 15) is 9.59 Å². The summed E-state index contributed by atoms with van der Waals surface area (Å²) in [6.45, 7) is 7.63. The van der Waals surface area contributed by atoms with Crippen LogP contribution in [0.4, 0.5) is 11.6 Å². The Labute approximate surface area is 221 Å². The molecular weight excluding hydrogens is 482 g/mol. The number of amides is 1. The number of aromatic nitrogens is 4. The highest BCUT2D eigenvalue weighted by Crippen LogP contribution is 2.27. The monoisotopic (exact) mass is 515 g/mol. The molecule has 5 rings (SSSR count). The summed E-state index contributed by atoms with van der Waals surface area (Å²) in [5, 5.41) is 6.81. The minimum absolute atomic E-state index is 0.133. The highest BCUT2D eigenvalue weighted by Gasteiger charge is 2.18. The molecule has 0 bridgehead atoms. The number of hydrogen-bond acceptors (Lipinski definition) is 7. The van der Waals surface area contributed by atoms with Crippen molar-refractivity contribution in [2.24, 2.45) is 7.05 Å². The predicted octanol–water partition coefficient (Wildman–Crippen LogP) is 3.04. The van der Waals surface area contributed by atoms with Crippen LogP contribution in [0.25, 0.3) is 22.2 Å². The molecule has 38 heavy (non-hydrogen) atoms. The van der Waals surface area contributed by atoms with Crippen molar-refractivity contribution in [1.82, 2.24) is 29.5 Å². The van der Waals surface area contributed by atoms with Gasteiger partial charge in [-0.15, -0.1) is 4.73 Å². The fourth-order valence-corrected chi connectivity index (χ4v) is 5.13. The topological polar surface area (TPSA) is 106 Å². The molecule has 0 atom stereocenters. The van der Waals surface area contributed by atoms with Gasteiger partial charge in [0.15, 0.2) is 5.65 Å². The van der Waals surface area contributed by atoms with Gasteiger partial charge in [0, 0.05) is 37.9 Å². The molecule has 0 saturated carbocycles. The molecule has 10 heteroatoms. The van der Waals surface area contributed by atoms with Crippen molar-refractivity contribution < 1.29 is 9.63 Å². The maximum Gasteiger partial charge on any atom is 0.292 e. The third kappa shape index (κ3) is 4.99. The van der Waals surface area contributed by atoms with Gasteiger partial charge in [-0.25, -0.2) is 4.98 Å². The summed E-state index contributed by atoms with van der Waals surface area (Å²) in [4.78, 5) is 43.0. The fourth-order valence-electron chi connectivity index (χ4n) is 5.13. The summed E-state index contributed by atoms with van der Waals surface area (Å²) in [5.41, 5.74) is 4.66. The fraction of sp³-hybridized carbons (Fsp3) is 0.357. The Balaban J connectivity index is 1.38. The summed E-state index contributed by atoms with van der Waals surface area (Å²) in [7, 11) is 3.26. The quantitative estimate of drug-likeness (QED) is 0.372. The summed E-state index contributed by atoms with van der Waals surface area (Å²) < 4.78 is 2.95. The zero-order valence-electron chi connectivity index (χ0n) is 22.2. The van der Waals surface area contributed by atoms with Crippen LogP contribution in [0, 0.1) is 13.8 Å². The first-order valence-corrected chi connectivity index (χ1v) is 12.8. The van der Waals surface area contributed by atoms with E-state index in [-0.39, 0.29) is 17.4 Å². The molecule has 1 aromatic carbocycles. The third-order valence-corrected chi connectivity index (χ3v) is 7.04. The number of anilines is 2. The Morgan fingerprint density at radius 3 is 2.58 bits per heavy atom. The number of carbonyl (C=O) groups is 1. The number of fused-ring (bicyclic) bond motifs is 1. The van der Waals surface area contributed by atoms with Gasteiger partial charge >= 0.3 is 0 Å². The van der Waals surface area contributed by atoms with E-state index in [2.05, 4.69) is 25.5 Å². The Hall–Kier alpha value is -4.18. The van der Waals surface area contributed by atoms with Gasteiger partial charge in [0.1, 0.15) is 12.8 Å². The van der Waals surface area contributed by atoms with Gasteiger partial charge in [-0.2, -0.15) is 4.98 Å². The number of nitrogens with zero attached hydrogens (tertiary/aromatic N) is 5. The number of aryl methyl sites for hydroxylation is 3. The molecule has 3 aromatic heterocycles. The number of likely N-dealkylation sites (tertiary alicyclic amines) is 1. The lowest BCUT2D eigenvalue weighted by Gasteiger charge is -2.14. The molecule has 4 heterocycles. The van der Waals surface area contributed by atoms with Crippen LogP contribution in [-0.4, -0.2) is 63.4 Å². The van der Waals surface area contributed by atoms with Crippen molar-refractivity contribution in [2.45, 2.75) is 26.7 Å². The molecule has 1 amide bonds. The van der Waals surface area contributed by atoms with E-state index in [1.54, 1.807) is 29.1 Å². The number of benzene rings is 1. The summed E-state index contributed by atoms with van der Waals surface area (Å²) >= 11 is 0. The number of carbonyl (C=O) groups excluding carboxylic acids is 1. The SMILES string of the molecule is COn1c(=O)c(-c2c(C)cccc2C)cc2cnc(Nc3cc(C(=O)NCCN4CCCC4)n(C)c3)nc21. The lowest BCUT2D eigenvalue weighted by molar-refractivity contribution is 0.0941. The molecule has 1 saturated heterocycles. The van der Waals surface area contributed by atoms with E-state index in [1.165, 1.54) is 24.7 Å². The molecule has 1 aliphatic heterocycles. The van der Waals surface area contributed by atoms with E-state index in [4.69, 9.17) is 4.84 Å². The van der Waals surface area contributed by atoms with Crippen LogP contribution in [0.3, 0.4) is 0 Å². The molecule has 0 unspecified atom stereocenters. The highest BCUT2D eigenvalue weighted by molar-refractivity contribution is 5.94. The molecule has 1 fully saturated rings. The maximum absolute atomic E-state index is 13.4. The van der Waals surface area contributed by atoms with Gasteiger partial charge in [-0.3, -0.25) is 9.59 Å². The first kappa shape index (κ1) is 25.5. The molecule has 0 aliphatic carbocycles. The maximum atomic E-state index is 13.4. The van der Waals surface area contributed by atoms with Gasteiger partial charge in [-0.05, 0) is 68.6 Å². The van der Waals surface area contributed by atoms with E-state index in [0.717, 1.165) is 36.3 Å². The van der Waals surface area contributed by atoms with Crippen LogP contribution in [-0.2, 0) is 7.05 Å². The standard InChI is InChI=1S/C28H33N7O3/c1-18-8-7-9-19(2)24(18)22-14-20-16-30-28(32-25(20)35(38-4)27(22)37)31-21-15-23(33(3)17-21)26(36)29-10-13-34-11-5-6-12-34/h7-9,14-17H,5-6,10-13H2,1-4H3,(H,29,36)(H,30,31,32). The van der Waals surface area contributed by atoms with E-state index in [0.29, 0.717) is 34.5 Å². The second kappa shape index (κ2) is 10.7. The Morgan fingerprint density at radius 1 is 1.13 bits per heavy atom. The summed E-state index contributed by atoms with van der Waals surface area (Å²) in [6, 6.07) is 9.49. The molecule has 1 aliphatic rings. The number of rotatable bonds is 8. The van der Waals surface area contributed by atoms with Crippen LogP contribution in [0.2, 0.25) is 0 Å². The molecule has 4 aromatic rings. The smallest absolute Gasteiger partial charge is 0.292 e. The molecule has 2 N–H and O–H groups in total. The van der Waals surface area contributed by atoms with Crippen molar-refractivity contribution in [3.8, 4) is 11.1 Å². The van der Waals surface area contributed by atoms with Gasteiger partial charge in [0.2, 0.25) is 5.95 Å². The van der Waals surface area contributed by atoms with E-state index >= 15 is 0 Å². The Kier molecular flexibility index (Phi) is 7.15.